The van der Waals surface area contributed by atoms with E-state index in [0.717, 1.165) is 24.0 Å². The van der Waals surface area contributed by atoms with Crippen molar-refractivity contribution in [1.82, 2.24) is 0 Å². The highest BCUT2D eigenvalue weighted by atomic mass is 79.9. The fraction of sp³-hybridized carbons (Fsp3) is 0.611. The number of carbonyl (C=O) groups is 1. The number of hydrogen-bond donors (Lipinski definition) is 1. The molecule has 0 amide bonds. The van der Waals surface area contributed by atoms with E-state index in [9.17, 15) is 9.90 Å². The predicted octanol–water partition coefficient (Wildman–Crippen LogP) is -0.786. The molecule has 5 heteroatoms. The molecule has 2 atom stereocenters. The summed E-state index contributed by atoms with van der Waals surface area (Å²) < 4.78 is 6.76. The Morgan fingerprint density at radius 3 is 2.48 bits per heavy atom. The molecule has 3 rings (SSSR count). The summed E-state index contributed by atoms with van der Waals surface area (Å²) >= 11 is 0. The Bertz CT molecular complexity index is 526. The molecule has 1 spiro atoms. The molecule has 2 aliphatic heterocycles. The van der Waals surface area contributed by atoms with Crippen LogP contribution < -0.4 is 17.0 Å². The molecule has 2 fully saturated rings. The van der Waals surface area contributed by atoms with Crippen LogP contribution in [0.5, 0.6) is 0 Å². The van der Waals surface area contributed by atoms with Gasteiger partial charge in [-0.25, -0.2) is 4.79 Å². The standard InChI is InChI=1S/C18H26NO3.BrH/c1-18(21,15-8-4-2-5-9-15)17(20)22-16-10-13-19(14-16)11-6-3-7-12-19;/h2,4-5,8-9,16,21H,3,6-7,10-14H2,1H3;1H/q+1;/p-1. The monoisotopic (exact) mass is 383 g/mol. The smallest absolute Gasteiger partial charge is 0.343 e. The number of rotatable bonds is 3. The van der Waals surface area contributed by atoms with E-state index in [1.165, 1.54) is 39.3 Å². The Morgan fingerprint density at radius 1 is 1.17 bits per heavy atom. The van der Waals surface area contributed by atoms with Crippen molar-refractivity contribution in [3.8, 4) is 0 Å². The van der Waals surface area contributed by atoms with Crippen LogP contribution in [0.2, 0.25) is 0 Å². The van der Waals surface area contributed by atoms with Gasteiger partial charge in [0.15, 0.2) is 11.7 Å². The minimum atomic E-state index is -1.57. The first-order chi connectivity index (χ1) is 10.5. The van der Waals surface area contributed by atoms with E-state index < -0.39 is 11.6 Å². The highest BCUT2D eigenvalue weighted by Crippen LogP contribution is 2.29. The van der Waals surface area contributed by atoms with Crippen LogP contribution in [0, 0.1) is 0 Å². The average molecular weight is 384 g/mol. The van der Waals surface area contributed by atoms with Gasteiger partial charge in [-0.1, -0.05) is 30.3 Å². The summed E-state index contributed by atoms with van der Waals surface area (Å²) in [6.45, 7) is 5.96. The Hall–Kier alpha value is -0.910. The molecular weight excluding hydrogens is 358 g/mol. The van der Waals surface area contributed by atoms with Crippen molar-refractivity contribution >= 4 is 5.97 Å². The zero-order valence-corrected chi connectivity index (χ0v) is 15.3. The molecule has 1 N–H and O–H groups in total. The van der Waals surface area contributed by atoms with E-state index in [2.05, 4.69) is 0 Å². The molecule has 0 saturated carbocycles. The Kier molecular flexibility index (Phi) is 5.87. The van der Waals surface area contributed by atoms with Gasteiger partial charge in [-0.15, -0.1) is 0 Å². The number of benzene rings is 1. The van der Waals surface area contributed by atoms with Gasteiger partial charge in [-0.05, 0) is 31.7 Å². The molecule has 0 aliphatic carbocycles. The molecule has 2 saturated heterocycles. The number of hydrogen-bond acceptors (Lipinski definition) is 3. The summed E-state index contributed by atoms with van der Waals surface area (Å²) in [6.07, 6.45) is 4.75. The van der Waals surface area contributed by atoms with E-state index in [1.807, 2.05) is 18.2 Å². The molecule has 0 bridgehead atoms. The third kappa shape index (κ3) is 3.95. The van der Waals surface area contributed by atoms with Crippen LogP contribution in [0.4, 0.5) is 0 Å². The van der Waals surface area contributed by atoms with Crippen LogP contribution in [0.15, 0.2) is 30.3 Å². The summed E-state index contributed by atoms with van der Waals surface area (Å²) in [4.78, 5) is 12.4. The first-order valence-corrected chi connectivity index (χ1v) is 8.36. The molecule has 2 aliphatic rings. The zero-order valence-electron chi connectivity index (χ0n) is 13.7. The van der Waals surface area contributed by atoms with Gasteiger partial charge in [-0.3, -0.25) is 0 Å². The first-order valence-electron chi connectivity index (χ1n) is 8.36. The number of nitrogens with zero attached hydrogens (tertiary/aromatic N) is 1. The summed E-state index contributed by atoms with van der Waals surface area (Å²) in [5.41, 5.74) is -0.990. The van der Waals surface area contributed by atoms with E-state index in [4.69, 9.17) is 4.74 Å². The van der Waals surface area contributed by atoms with Gasteiger partial charge in [0.05, 0.1) is 19.6 Å². The third-order valence-electron chi connectivity index (χ3n) is 5.29. The molecule has 1 aromatic carbocycles. The summed E-state index contributed by atoms with van der Waals surface area (Å²) in [6, 6.07) is 9.02. The third-order valence-corrected chi connectivity index (χ3v) is 5.29. The average Bonchev–Trinajstić information content (AvgIpc) is 2.91. The Morgan fingerprint density at radius 2 is 1.83 bits per heavy atom. The van der Waals surface area contributed by atoms with Crippen LogP contribution in [-0.2, 0) is 15.1 Å². The maximum absolute atomic E-state index is 12.4. The molecular formula is C18H26BrNO3. The van der Waals surface area contributed by atoms with Crippen LogP contribution >= 0.6 is 0 Å². The predicted molar refractivity (Wildman–Crippen MR) is 84.1 cm³/mol. The van der Waals surface area contributed by atoms with Crippen molar-refractivity contribution in [1.29, 1.82) is 0 Å². The number of carbonyl (C=O) groups excluding carboxylic acids is 1. The summed E-state index contributed by atoms with van der Waals surface area (Å²) in [7, 11) is 0. The van der Waals surface area contributed by atoms with Crippen LogP contribution in [0.1, 0.15) is 38.2 Å². The van der Waals surface area contributed by atoms with Crippen molar-refractivity contribution < 1.29 is 36.1 Å². The zero-order chi connectivity index (χ0) is 15.6. The molecule has 0 radical (unpaired) electrons. The number of piperidine rings is 1. The fourth-order valence-corrected chi connectivity index (χ4v) is 3.86. The number of halogens is 1. The summed E-state index contributed by atoms with van der Waals surface area (Å²) in [5, 5.41) is 10.5. The molecule has 128 valence electrons. The SMILES string of the molecule is CC(O)(C(=O)OC1CC[N+]2(CCCCC2)C1)c1ccccc1.[Br-]. The lowest BCUT2D eigenvalue weighted by Gasteiger charge is -2.37. The van der Waals surface area contributed by atoms with Crippen molar-refractivity contribution in [2.45, 2.75) is 44.3 Å². The van der Waals surface area contributed by atoms with Gasteiger partial charge in [0.1, 0.15) is 6.54 Å². The Labute approximate surface area is 148 Å². The Balaban J connectivity index is 0.00000192. The van der Waals surface area contributed by atoms with Crippen LogP contribution in [-0.4, -0.2) is 47.8 Å². The van der Waals surface area contributed by atoms with E-state index in [1.54, 1.807) is 12.1 Å². The van der Waals surface area contributed by atoms with Gasteiger partial charge < -0.3 is 31.3 Å². The quantitative estimate of drug-likeness (QED) is 0.549. The van der Waals surface area contributed by atoms with Gasteiger partial charge in [0, 0.05) is 6.42 Å². The molecule has 2 unspecified atom stereocenters. The highest BCUT2D eigenvalue weighted by Gasteiger charge is 2.43. The summed E-state index contributed by atoms with van der Waals surface area (Å²) in [5.74, 6) is -0.527. The van der Waals surface area contributed by atoms with Gasteiger partial charge >= 0.3 is 5.97 Å². The normalized spacial score (nSPS) is 25.4. The first kappa shape index (κ1) is 18.4. The second-order valence-corrected chi connectivity index (χ2v) is 7.01. The number of ether oxygens (including phenoxy) is 1. The molecule has 23 heavy (non-hydrogen) atoms. The van der Waals surface area contributed by atoms with Crippen molar-refractivity contribution in [2.24, 2.45) is 0 Å². The van der Waals surface area contributed by atoms with Gasteiger partial charge in [0.25, 0.3) is 0 Å². The topological polar surface area (TPSA) is 46.5 Å². The number of aliphatic hydroxyl groups is 1. The minimum Gasteiger partial charge on any atom is -1.00 e. The van der Waals surface area contributed by atoms with Crippen LogP contribution in [0.3, 0.4) is 0 Å². The molecule has 4 nitrogen and oxygen atoms in total. The highest BCUT2D eigenvalue weighted by molar-refractivity contribution is 5.80. The second-order valence-electron chi connectivity index (χ2n) is 7.01. The van der Waals surface area contributed by atoms with E-state index in [0.29, 0.717) is 5.56 Å². The molecule has 2 heterocycles. The fourth-order valence-electron chi connectivity index (χ4n) is 3.86. The van der Waals surface area contributed by atoms with Crippen molar-refractivity contribution in [3.63, 3.8) is 0 Å². The van der Waals surface area contributed by atoms with Gasteiger partial charge in [-0.2, -0.15) is 0 Å². The van der Waals surface area contributed by atoms with Crippen molar-refractivity contribution in [2.75, 3.05) is 26.2 Å². The number of esters is 1. The van der Waals surface area contributed by atoms with E-state index in [-0.39, 0.29) is 23.1 Å². The minimum absolute atomic E-state index is 0. The van der Waals surface area contributed by atoms with Crippen LogP contribution in [0.25, 0.3) is 0 Å². The van der Waals surface area contributed by atoms with Crippen molar-refractivity contribution in [3.05, 3.63) is 35.9 Å². The molecule has 1 aromatic rings. The number of quaternary nitrogens is 1. The largest absolute Gasteiger partial charge is 1.00 e. The maximum atomic E-state index is 12.4. The lowest BCUT2D eigenvalue weighted by atomic mass is 9.96. The van der Waals surface area contributed by atoms with Gasteiger partial charge in [0.2, 0.25) is 0 Å². The second kappa shape index (κ2) is 7.32. The lowest BCUT2D eigenvalue weighted by Crippen LogP contribution is -3.00. The maximum Gasteiger partial charge on any atom is 0.343 e. The molecule has 0 aromatic heterocycles. The van der Waals surface area contributed by atoms with E-state index >= 15 is 0 Å². The lowest BCUT2D eigenvalue weighted by molar-refractivity contribution is -0.922.